The number of esters is 1. The summed E-state index contributed by atoms with van der Waals surface area (Å²) >= 11 is 1.55. The van der Waals surface area contributed by atoms with Crippen LogP contribution < -0.4 is 10.3 Å². The Hall–Kier alpha value is -2.16. The van der Waals surface area contributed by atoms with E-state index in [2.05, 4.69) is 4.90 Å². The topological polar surface area (TPSA) is 81.0 Å². The predicted molar refractivity (Wildman–Crippen MR) is 103 cm³/mol. The fourth-order valence-electron chi connectivity index (χ4n) is 3.30. The van der Waals surface area contributed by atoms with Gasteiger partial charge in [-0.2, -0.15) is 0 Å². The smallest absolute Gasteiger partial charge is 0.343 e. The zero-order valence-electron chi connectivity index (χ0n) is 15.5. The van der Waals surface area contributed by atoms with Crippen LogP contribution in [0.15, 0.2) is 28.4 Å². The summed E-state index contributed by atoms with van der Waals surface area (Å²) in [7, 11) is 1.32. The van der Waals surface area contributed by atoms with Gasteiger partial charge in [0.25, 0.3) is 5.56 Å². The van der Waals surface area contributed by atoms with Gasteiger partial charge >= 0.3 is 5.97 Å². The standard InChI is InChI=1S/C19H24N2O5S/c1-13(11-22)20-6-5-15-18(19(24)25-2)16(10-17(23)21(15)8-7-20)26-12-14-4-3-9-27-14/h3-4,9-10,13,22H,5-8,11-12H2,1-2H3. The van der Waals surface area contributed by atoms with E-state index < -0.39 is 5.97 Å². The van der Waals surface area contributed by atoms with E-state index >= 15 is 0 Å². The number of carbonyl (C=O) groups excluding carboxylic acids is 1. The zero-order chi connectivity index (χ0) is 19.4. The van der Waals surface area contributed by atoms with Crippen LogP contribution in [0.25, 0.3) is 0 Å². The molecule has 0 fully saturated rings. The molecule has 0 amide bonds. The number of hydrogen-bond acceptors (Lipinski definition) is 7. The summed E-state index contributed by atoms with van der Waals surface area (Å²) in [5, 5.41) is 11.4. The van der Waals surface area contributed by atoms with Crippen molar-refractivity contribution in [1.29, 1.82) is 0 Å². The van der Waals surface area contributed by atoms with Crippen molar-refractivity contribution in [2.24, 2.45) is 0 Å². The lowest BCUT2D eigenvalue weighted by Gasteiger charge is -2.25. The largest absolute Gasteiger partial charge is 0.487 e. The highest BCUT2D eigenvalue weighted by Gasteiger charge is 2.27. The van der Waals surface area contributed by atoms with E-state index in [0.29, 0.717) is 37.3 Å². The maximum absolute atomic E-state index is 12.7. The second kappa shape index (κ2) is 8.69. The Labute approximate surface area is 161 Å². The lowest BCUT2D eigenvalue weighted by molar-refractivity contribution is 0.0592. The highest BCUT2D eigenvalue weighted by molar-refractivity contribution is 7.09. The molecule has 0 bridgehead atoms. The molecule has 7 nitrogen and oxygen atoms in total. The van der Waals surface area contributed by atoms with Crippen molar-refractivity contribution in [3.05, 3.63) is 50.1 Å². The number of fused-ring (bicyclic) bond motifs is 1. The van der Waals surface area contributed by atoms with Crippen LogP contribution in [0.1, 0.15) is 27.9 Å². The molecule has 3 heterocycles. The molecule has 2 aromatic heterocycles. The van der Waals surface area contributed by atoms with Gasteiger partial charge in [0.2, 0.25) is 0 Å². The minimum absolute atomic E-state index is 0.00820. The van der Waals surface area contributed by atoms with E-state index in [0.717, 1.165) is 4.88 Å². The first-order valence-electron chi connectivity index (χ1n) is 8.90. The normalized spacial score (nSPS) is 15.7. The molecule has 1 atom stereocenters. The van der Waals surface area contributed by atoms with Gasteiger partial charge in [-0.1, -0.05) is 6.07 Å². The number of aliphatic hydroxyl groups is 1. The molecule has 0 radical (unpaired) electrons. The molecule has 0 saturated heterocycles. The van der Waals surface area contributed by atoms with Crippen molar-refractivity contribution in [2.45, 2.75) is 32.5 Å². The molecule has 0 spiro atoms. The molecule has 1 unspecified atom stereocenters. The number of rotatable bonds is 6. The molecule has 0 aromatic carbocycles. The number of thiophene rings is 1. The van der Waals surface area contributed by atoms with Gasteiger partial charge in [-0.05, 0) is 18.4 Å². The summed E-state index contributed by atoms with van der Waals surface area (Å²) in [6.07, 6.45) is 0.500. The first-order valence-corrected chi connectivity index (χ1v) is 9.78. The first-order chi connectivity index (χ1) is 13.0. The summed E-state index contributed by atoms with van der Waals surface area (Å²) in [5.41, 5.74) is 0.743. The average molecular weight is 392 g/mol. The molecular formula is C19H24N2O5S. The van der Waals surface area contributed by atoms with Crippen LogP contribution in [0.4, 0.5) is 0 Å². The maximum atomic E-state index is 12.7. The third kappa shape index (κ3) is 4.23. The van der Waals surface area contributed by atoms with E-state index in [1.54, 1.807) is 15.9 Å². The predicted octanol–water partition coefficient (Wildman–Crippen LogP) is 1.51. The summed E-state index contributed by atoms with van der Waals surface area (Å²) < 4.78 is 12.4. The van der Waals surface area contributed by atoms with Crippen molar-refractivity contribution in [1.82, 2.24) is 9.47 Å². The molecule has 2 aromatic rings. The van der Waals surface area contributed by atoms with Crippen LogP contribution in [-0.2, 0) is 24.3 Å². The highest BCUT2D eigenvalue weighted by Crippen LogP contribution is 2.25. The third-order valence-corrected chi connectivity index (χ3v) is 5.71. The lowest BCUT2D eigenvalue weighted by Crippen LogP contribution is -2.38. The number of methoxy groups -OCH3 is 1. The number of ether oxygens (including phenoxy) is 2. The second-order valence-electron chi connectivity index (χ2n) is 6.50. The lowest BCUT2D eigenvalue weighted by atomic mass is 10.1. The number of hydrogen-bond donors (Lipinski definition) is 1. The maximum Gasteiger partial charge on any atom is 0.343 e. The van der Waals surface area contributed by atoms with E-state index in [-0.39, 0.29) is 30.6 Å². The van der Waals surface area contributed by atoms with Gasteiger partial charge in [0, 0.05) is 48.7 Å². The number of pyridine rings is 1. The van der Waals surface area contributed by atoms with E-state index in [1.165, 1.54) is 13.2 Å². The van der Waals surface area contributed by atoms with Crippen molar-refractivity contribution >= 4 is 17.3 Å². The molecule has 0 saturated carbocycles. The van der Waals surface area contributed by atoms with Gasteiger partial charge in [-0.15, -0.1) is 11.3 Å². The van der Waals surface area contributed by atoms with Crippen LogP contribution in [-0.4, -0.2) is 53.4 Å². The van der Waals surface area contributed by atoms with E-state index in [1.807, 2.05) is 24.4 Å². The monoisotopic (exact) mass is 392 g/mol. The van der Waals surface area contributed by atoms with Gasteiger partial charge in [-0.25, -0.2) is 4.79 Å². The SMILES string of the molecule is COC(=O)c1c(OCc2cccs2)cc(=O)n2c1CCN(C(C)CO)CC2. The highest BCUT2D eigenvalue weighted by atomic mass is 32.1. The number of aliphatic hydroxyl groups excluding tert-OH is 1. The molecule has 1 aliphatic rings. The number of carbonyl (C=O) groups is 1. The zero-order valence-corrected chi connectivity index (χ0v) is 16.3. The van der Waals surface area contributed by atoms with E-state index in [9.17, 15) is 14.7 Å². The molecule has 1 aliphatic heterocycles. The Bertz CT molecular complexity index is 847. The Morgan fingerprint density at radius 1 is 1.37 bits per heavy atom. The average Bonchev–Trinajstić information content (AvgIpc) is 3.10. The van der Waals surface area contributed by atoms with Crippen molar-refractivity contribution in [3.63, 3.8) is 0 Å². The Balaban J connectivity index is 1.97. The molecule has 27 heavy (non-hydrogen) atoms. The molecule has 1 N–H and O–H groups in total. The minimum atomic E-state index is -0.511. The van der Waals surface area contributed by atoms with Gasteiger partial charge < -0.3 is 19.1 Å². The Kier molecular flexibility index (Phi) is 6.30. The molecule has 8 heteroatoms. The minimum Gasteiger partial charge on any atom is -0.487 e. The third-order valence-electron chi connectivity index (χ3n) is 4.86. The summed E-state index contributed by atoms with van der Waals surface area (Å²) in [5.74, 6) is -0.251. The fraction of sp³-hybridized carbons (Fsp3) is 0.474. The summed E-state index contributed by atoms with van der Waals surface area (Å²) in [4.78, 5) is 28.3. The van der Waals surface area contributed by atoms with Crippen LogP contribution in [0, 0.1) is 0 Å². The van der Waals surface area contributed by atoms with Gasteiger partial charge in [0.15, 0.2) is 0 Å². The van der Waals surface area contributed by atoms with E-state index in [4.69, 9.17) is 9.47 Å². The quantitative estimate of drug-likeness (QED) is 0.751. The molecule has 146 valence electrons. The van der Waals surface area contributed by atoms with Crippen LogP contribution in [0.5, 0.6) is 5.75 Å². The van der Waals surface area contributed by atoms with Crippen molar-refractivity contribution < 1.29 is 19.4 Å². The Morgan fingerprint density at radius 3 is 2.85 bits per heavy atom. The first kappa shape index (κ1) is 19.6. The van der Waals surface area contributed by atoms with Gasteiger partial charge in [-0.3, -0.25) is 9.69 Å². The second-order valence-corrected chi connectivity index (χ2v) is 7.53. The van der Waals surface area contributed by atoms with Crippen LogP contribution >= 0.6 is 11.3 Å². The Morgan fingerprint density at radius 2 is 2.19 bits per heavy atom. The number of nitrogens with zero attached hydrogens (tertiary/aromatic N) is 2. The molecule has 3 rings (SSSR count). The fourth-order valence-corrected chi connectivity index (χ4v) is 3.92. The van der Waals surface area contributed by atoms with Crippen molar-refractivity contribution in [3.8, 4) is 5.75 Å². The molecular weight excluding hydrogens is 368 g/mol. The summed E-state index contributed by atoms with van der Waals surface area (Å²) in [6.45, 7) is 4.00. The van der Waals surface area contributed by atoms with Crippen molar-refractivity contribution in [2.75, 3.05) is 26.8 Å². The van der Waals surface area contributed by atoms with Gasteiger partial charge in [0.1, 0.15) is 17.9 Å². The van der Waals surface area contributed by atoms with Crippen LogP contribution in [0.2, 0.25) is 0 Å². The van der Waals surface area contributed by atoms with Crippen LogP contribution in [0.3, 0.4) is 0 Å². The molecule has 0 aliphatic carbocycles. The number of aromatic nitrogens is 1. The van der Waals surface area contributed by atoms with Gasteiger partial charge in [0.05, 0.1) is 13.7 Å². The summed E-state index contributed by atoms with van der Waals surface area (Å²) in [6, 6.07) is 5.22.